The molecule has 0 saturated heterocycles. The van der Waals surface area contributed by atoms with E-state index in [2.05, 4.69) is 97.2 Å². The number of hydrogen-bond donors (Lipinski definition) is 2. The SMILES string of the molecule is CCCCCCCCc1ccc(N=C(CC)C(C)=[C](c2ccc(CCCCCCCC)c(-c3ccccc3)c2)[Ni]([Cl])([NH]C(C)=O)[NH]C(C)=O)cc1CCCC. The van der Waals surface area contributed by atoms with Crippen LogP contribution in [0, 0.1) is 0 Å². The van der Waals surface area contributed by atoms with Crippen molar-refractivity contribution in [3.8, 4) is 11.1 Å². The molecule has 5 nitrogen and oxygen atoms in total. The van der Waals surface area contributed by atoms with E-state index < -0.39 is 11.9 Å². The third-order valence-electron chi connectivity index (χ3n) is 10.0. The van der Waals surface area contributed by atoms with Gasteiger partial charge < -0.3 is 0 Å². The first kappa shape index (κ1) is 46.2. The van der Waals surface area contributed by atoms with Gasteiger partial charge in [-0.2, -0.15) is 0 Å². The van der Waals surface area contributed by atoms with Crippen molar-refractivity contribution in [3.05, 3.63) is 94.6 Å². The van der Waals surface area contributed by atoms with Crippen LogP contribution in [0.5, 0.6) is 0 Å². The number of carbonyl (C=O) groups excluding carboxylic acids is 2. The molecular formula is C48H70ClN3NiO2. The average Bonchev–Trinajstić information content (AvgIpc) is 3.16. The van der Waals surface area contributed by atoms with E-state index in [1.807, 2.05) is 13.0 Å². The van der Waals surface area contributed by atoms with Crippen molar-refractivity contribution in [1.82, 2.24) is 8.79 Å². The van der Waals surface area contributed by atoms with Gasteiger partial charge in [-0.3, -0.25) is 0 Å². The predicted octanol–water partition coefficient (Wildman–Crippen LogP) is 13.8. The molecule has 0 aliphatic carbocycles. The fourth-order valence-corrected chi connectivity index (χ4v) is 11.0. The zero-order valence-corrected chi connectivity index (χ0v) is 36.8. The van der Waals surface area contributed by atoms with Crippen molar-refractivity contribution < 1.29 is 21.5 Å². The number of unbranched alkanes of at least 4 members (excludes halogenated alkanes) is 11. The number of nitrogens with one attached hydrogen (secondary N) is 2. The quantitative estimate of drug-likeness (QED) is 0.0508. The minimum atomic E-state index is -3.04. The van der Waals surface area contributed by atoms with Crippen LogP contribution in [0.3, 0.4) is 0 Å². The molecule has 7 heteroatoms. The van der Waals surface area contributed by atoms with Crippen LogP contribution in [0.4, 0.5) is 5.69 Å². The van der Waals surface area contributed by atoms with Crippen LogP contribution < -0.4 is 8.79 Å². The molecule has 0 spiro atoms. The van der Waals surface area contributed by atoms with E-state index in [-0.39, 0.29) is 11.8 Å². The monoisotopic (exact) mass is 813 g/mol. The van der Waals surface area contributed by atoms with Gasteiger partial charge in [0.1, 0.15) is 0 Å². The van der Waals surface area contributed by atoms with Crippen molar-refractivity contribution in [2.45, 2.75) is 164 Å². The molecule has 0 bridgehead atoms. The van der Waals surface area contributed by atoms with E-state index in [0.717, 1.165) is 72.2 Å². The molecule has 0 heterocycles. The Kier molecular flexibility index (Phi) is 21.1. The molecule has 0 saturated carbocycles. The van der Waals surface area contributed by atoms with Gasteiger partial charge in [0.25, 0.3) is 0 Å². The summed E-state index contributed by atoms with van der Waals surface area (Å²) in [5.41, 5.74) is 9.87. The summed E-state index contributed by atoms with van der Waals surface area (Å²) in [7, 11) is 7.52. The number of allylic oxidation sites excluding steroid dienone is 1. The van der Waals surface area contributed by atoms with Crippen LogP contribution in [0.15, 0.2) is 77.3 Å². The first-order valence-electron chi connectivity index (χ1n) is 21.1. The normalized spacial score (nSPS) is 12.7. The fraction of sp³-hybridized carbons (Fsp3) is 0.521. The number of halogens is 1. The molecule has 55 heavy (non-hydrogen) atoms. The van der Waals surface area contributed by atoms with Crippen LogP contribution in [-0.4, -0.2) is 17.5 Å². The van der Waals surface area contributed by atoms with Gasteiger partial charge in [-0.15, -0.1) is 0 Å². The van der Waals surface area contributed by atoms with Crippen molar-refractivity contribution >= 4 is 38.0 Å². The molecule has 0 aliphatic heterocycles. The third kappa shape index (κ3) is 15.3. The van der Waals surface area contributed by atoms with E-state index in [0.29, 0.717) is 11.0 Å². The van der Waals surface area contributed by atoms with Crippen molar-refractivity contribution in [3.63, 3.8) is 0 Å². The van der Waals surface area contributed by atoms with Gasteiger partial charge in [0, 0.05) is 0 Å². The molecule has 0 unspecified atom stereocenters. The Bertz CT molecular complexity index is 1680. The van der Waals surface area contributed by atoms with Crippen LogP contribution in [0.25, 0.3) is 15.7 Å². The minimum absolute atomic E-state index is 0.312. The van der Waals surface area contributed by atoms with E-state index in [4.69, 9.17) is 15.2 Å². The number of hydrogen-bond acceptors (Lipinski definition) is 3. The number of aliphatic imine (C=N–C) groups is 1. The number of rotatable bonds is 25. The molecule has 0 fully saturated rings. The Morgan fingerprint density at radius 3 is 1.69 bits per heavy atom. The Balaban J connectivity index is 2.18. The molecule has 0 aliphatic rings. The van der Waals surface area contributed by atoms with Crippen molar-refractivity contribution in [1.29, 1.82) is 0 Å². The van der Waals surface area contributed by atoms with E-state index >= 15 is 0 Å². The molecule has 3 rings (SSSR count). The Morgan fingerprint density at radius 1 is 0.600 bits per heavy atom. The number of amides is 2. The second kappa shape index (κ2) is 25.1. The van der Waals surface area contributed by atoms with E-state index in [9.17, 15) is 9.59 Å². The second-order valence-corrected chi connectivity index (χ2v) is 18.6. The first-order chi connectivity index (χ1) is 26.6. The molecule has 0 aromatic heterocycles. The average molecular weight is 815 g/mol. The summed E-state index contributed by atoms with van der Waals surface area (Å²) in [5, 5.41) is 0. The number of benzene rings is 3. The number of aryl methyl sites for hydroxylation is 3. The van der Waals surface area contributed by atoms with Crippen LogP contribution in [-0.2, 0) is 40.8 Å². The van der Waals surface area contributed by atoms with Gasteiger partial charge in [0.15, 0.2) is 0 Å². The van der Waals surface area contributed by atoms with Gasteiger partial charge in [0.2, 0.25) is 0 Å². The Morgan fingerprint density at radius 2 is 1.13 bits per heavy atom. The summed E-state index contributed by atoms with van der Waals surface area (Å²) >= 11 is -3.04. The maximum atomic E-state index is 12.8. The van der Waals surface area contributed by atoms with Gasteiger partial charge in [-0.05, 0) is 0 Å². The third-order valence-corrected chi connectivity index (χ3v) is 13.7. The molecule has 0 atom stereocenters. The zero-order valence-electron chi connectivity index (χ0n) is 35.0. The van der Waals surface area contributed by atoms with E-state index in [1.54, 1.807) is 0 Å². The Labute approximate surface area is 341 Å². The zero-order chi connectivity index (χ0) is 40.1. The topological polar surface area (TPSA) is 70.6 Å². The summed E-state index contributed by atoms with van der Waals surface area (Å²) in [6.07, 6.45) is 21.2. The predicted molar refractivity (Wildman–Crippen MR) is 235 cm³/mol. The number of carbonyl (C=O) groups is 2. The second-order valence-electron chi connectivity index (χ2n) is 14.8. The maximum absolute atomic E-state index is 12.8. The van der Waals surface area contributed by atoms with Crippen molar-refractivity contribution in [2.75, 3.05) is 0 Å². The molecule has 3 aromatic rings. The van der Waals surface area contributed by atoms with Crippen LogP contribution in [0.2, 0.25) is 0 Å². The molecule has 2 amide bonds. The van der Waals surface area contributed by atoms with Crippen LogP contribution in [0.1, 0.15) is 167 Å². The molecule has 3 aromatic carbocycles. The summed E-state index contributed by atoms with van der Waals surface area (Å²) in [5.74, 6) is -0.623. The van der Waals surface area contributed by atoms with Gasteiger partial charge in [-0.25, -0.2) is 0 Å². The molecule has 0 radical (unpaired) electrons. The summed E-state index contributed by atoms with van der Waals surface area (Å²) < 4.78 is 6.69. The van der Waals surface area contributed by atoms with Crippen molar-refractivity contribution in [2.24, 2.45) is 4.99 Å². The van der Waals surface area contributed by atoms with Gasteiger partial charge in [0.05, 0.1) is 0 Å². The van der Waals surface area contributed by atoms with Gasteiger partial charge in [-0.1, -0.05) is 33.1 Å². The molecular weight excluding hydrogens is 745 g/mol. The molecule has 306 valence electrons. The van der Waals surface area contributed by atoms with E-state index in [1.165, 1.54) is 101 Å². The summed E-state index contributed by atoms with van der Waals surface area (Å²) in [4.78, 5) is 30.9. The summed E-state index contributed by atoms with van der Waals surface area (Å²) in [6.45, 7) is 13.8. The van der Waals surface area contributed by atoms with Crippen LogP contribution >= 0.6 is 10.2 Å². The van der Waals surface area contributed by atoms with Gasteiger partial charge >= 0.3 is 310 Å². The standard InChI is InChI=1S/C44H62N.2C2H5NO.ClH.Ni/c1-6-10-13-15-17-20-25-38-31-32-42(35-41(38)24-12-8-3)45-44(9-4)36(5)33-37-29-30-40(28-21-18-16-14-11-7-2)43(34-37)39-26-22-19-23-27-39;2*1-2(3)4;;/h19,22-23,26-27,29-32,34-35H,6-18,20-21,24-25,28H2,1-5H3;2*1H3,(H2,3,4);1H;/q;;;;+3/p-3. The summed E-state index contributed by atoms with van der Waals surface area (Å²) in [6, 6.07) is 23.7. The first-order valence-corrected chi connectivity index (χ1v) is 23.9. The molecule has 2 N–H and O–H groups in total. The number of nitrogens with zero attached hydrogens (tertiary/aromatic N) is 1. The fourth-order valence-electron chi connectivity index (χ4n) is 7.14. The Hall–Kier alpha value is -3.21.